The van der Waals surface area contributed by atoms with Crippen LogP contribution >= 0.6 is 35.3 Å². The summed E-state index contributed by atoms with van der Waals surface area (Å²) in [4.78, 5) is 48.2. The summed E-state index contributed by atoms with van der Waals surface area (Å²) in [6.45, 7) is 6.48. The van der Waals surface area contributed by atoms with Gasteiger partial charge in [0.25, 0.3) is 0 Å². The second-order valence-electron chi connectivity index (χ2n) is 25.8. The molecule has 0 atom stereocenters. The summed E-state index contributed by atoms with van der Waals surface area (Å²) in [6, 6.07) is 73.3. The minimum absolute atomic E-state index is 0.302. The molecule has 15 nitrogen and oxygen atoms in total. The molecule has 9 aromatic carbocycles. The van der Waals surface area contributed by atoms with Gasteiger partial charge in [0.05, 0.1) is 53.9 Å². The van der Waals surface area contributed by atoms with Crippen LogP contribution in [-0.4, -0.2) is 72.7 Å². The summed E-state index contributed by atoms with van der Waals surface area (Å²) in [5, 5.41) is 56.5. The predicted octanol–water partition coefficient (Wildman–Crippen LogP) is 20.7. The van der Waals surface area contributed by atoms with Crippen LogP contribution in [0.5, 0.6) is 17.2 Å². The highest BCUT2D eigenvalue weighted by Gasteiger charge is 2.33. The molecule has 0 amide bonds. The number of fused-ring (bicyclic) bond motifs is 6. The van der Waals surface area contributed by atoms with Crippen LogP contribution in [0.25, 0.3) is 18.2 Å². The number of hydrogen-bond donors (Lipinski definition) is 3. The Kier molecular flexibility index (Phi) is 24.3. The van der Waals surface area contributed by atoms with Crippen molar-refractivity contribution in [2.24, 2.45) is 0 Å². The Bertz CT molecular complexity index is 4360. The van der Waals surface area contributed by atoms with E-state index in [4.69, 9.17) is 14.2 Å². The summed E-state index contributed by atoms with van der Waals surface area (Å²) in [7, 11) is 0. The van der Waals surface area contributed by atoms with Crippen molar-refractivity contribution in [2.45, 2.75) is 119 Å². The molecule has 3 aliphatic rings. The van der Waals surface area contributed by atoms with E-state index in [1.807, 2.05) is 72.8 Å². The van der Waals surface area contributed by atoms with Crippen LogP contribution in [0.4, 0.5) is 34.1 Å². The first-order chi connectivity index (χ1) is 50.8. The Balaban J connectivity index is 0.653. The molecule has 0 aliphatic carbocycles. The minimum Gasteiger partial charge on any atom is -0.494 e. The third kappa shape index (κ3) is 17.5. The van der Waals surface area contributed by atoms with Crippen LogP contribution in [0.15, 0.2) is 246 Å². The average molecular weight is 1440 g/mol. The fourth-order valence-corrected chi connectivity index (χ4v) is 16.8. The fourth-order valence-electron chi connectivity index (χ4n) is 13.4. The second kappa shape index (κ2) is 34.7. The summed E-state index contributed by atoms with van der Waals surface area (Å²) in [6.07, 6.45) is 15.9. The normalized spacial score (nSPS) is 13.0. The van der Waals surface area contributed by atoms with E-state index in [0.717, 1.165) is 194 Å². The molecule has 3 N–H and O–H groups in total. The Morgan fingerprint density at radius 1 is 0.356 bits per heavy atom. The number of para-hydroxylation sites is 3. The lowest BCUT2D eigenvalue weighted by molar-refractivity contribution is -0.133. The molecule has 12 rings (SSSR count). The van der Waals surface area contributed by atoms with Gasteiger partial charge in [0.15, 0.2) is 0 Å². The lowest BCUT2D eigenvalue weighted by Gasteiger charge is -2.33. The molecule has 0 fully saturated rings. The van der Waals surface area contributed by atoms with E-state index in [1.165, 1.54) is 18.2 Å². The first-order valence-electron chi connectivity index (χ1n) is 35.1. The highest BCUT2D eigenvalue weighted by Crippen LogP contribution is 2.52. The molecule has 3 aliphatic heterocycles. The van der Waals surface area contributed by atoms with Crippen molar-refractivity contribution >= 4 is 106 Å². The zero-order chi connectivity index (χ0) is 72.4. The number of aliphatic carboxylic acids is 3. The van der Waals surface area contributed by atoms with Crippen LogP contribution in [-0.2, 0) is 19.8 Å². The van der Waals surface area contributed by atoms with Gasteiger partial charge in [-0.05, 0) is 206 Å². The fraction of sp³-hybridized carbons (Fsp3) is 0.233. The zero-order valence-electron chi connectivity index (χ0n) is 57.7. The molecular weight excluding hydrogens is 1360 g/mol. The number of carbonyl (C=O) groups is 3. The van der Waals surface area contributed by atoms with Gasteiger partial charge < -0.3 is 44.2 Å². The molecule has 0 saturated carbocycles. The van der Waals surface area contributed by atoms with E-state index >= 15 is 0 Å². The molecule has 524 valence electrons. The highest BCUT2D eigenvalue weighted by atomic mass is 32.2. The first-order valence-corrected chi connectivity index (χ1v) is 37.5. The van der Waals surface area contributed by atoms with E-state index in [-0.39, 0.29) is 16.7 Å². The molecule has 9 aromatic rings. The van der Waals surface area contributed by atoms with E-state index in [9.17, 15) is 45.5 Å². The lowest BCUT2D eigenvalue weighted by atomic mass is 9.71. The molecule has 0 spiro atoms. The Labute approximate surface area is 620 Å². The van der Waals surface area contributed by atoms with Gasteiger partial charge in [-0.1, -0.05) is 165 Å². The average Bonchev–Trinajstić information content (AvgIpc) is 0.785. The molecule has 3 heterocycles. The topological polar surface area (TPSA) is 221 Å². The van der Waals surface area contributed by atoms with Gasteiger partial charge in [-0.3, -0.25) is 0 Å². The number of nitrogens with zero attached hydrogens (tertiary/aromatic N) is 6. The van der Waals surface area contributed by atoms with Gasteiger partial charge >= 0.3 is 17.9 Å². The van der Waals surface area contributed by atoms with Gasteiger partial charge in [0, 0.05) is 54.4 Å². The standard InChI is InChI=1S/C86H78N6O9S3/c1-86(65-29-35-68(36-30-65)99-47-17-5-2-14-44-90-71-20-8-11-23-77(71)102-80-53-59(26-41-74(80)90)50-62(56-87)83(93)94,66-31-37-69(38-32-66)100-48-18-6-3-15-45-91-72-21-9-12-24-78(72)103-81-54-60(27-42-75(81)91)51-63(57-88)84(95)96)67-33-39-70(40-34-67)101-49-19-7-4-16-46-92-73-22-10-13-25-79(73)104-82-55-61(28-43-76(82)92)52-64(58-89)85(97)98/h8-13,20-43,50-55H,2-7,14-19,44-49H2,1H3,(H,93,94)(H,95,96)(H,97,98)/b62-50-,63-51-,64-52-. The van der Waals surface area contributed by atoms with Crippen LogP contribution < -0.4 is 28.9 Å². The van der Waals surface area contributed by atoms with Crippen LogP contribution in [0.1, 0.15) is 117 Å². The smallest absolute Gasteiger partial charge is 0.346 e. The lowest BCUT2D eigenvalue weighted by Crippen LogP contribution is -2.25. The van der Waals surface area contributed by atoms with E-state index in [2.05, 4.69) is 149 Å². The van der Waals surface area contributed by atoms with Crippen molar-refractivity contribution in [1.29, 1.82) is 15.8 Å². The van der Waals surface area contributed by atoms with Crippen LogP contribution in [0, 0.1) is 34.0 Å². The van der Waals surface area contributed by atoms with Gasteiger partial charge in [-0.25, -0.2) is 14.4 Å². The monoisotopic (exact) mass is 1430 g/mol. The SMILES string of the molecule is CC(c1ccc(OCCCCCCN2c3ccccc3Sc3cc(/C=C(/C#N)C(=O)O)ccc32)cc1)(c1ccc(OCCCCCCN2c3ccccc3Sc3cc(/C=C(/C#N)C(=O)O)ccc32)cc1)c1ccc(OCCCCCCN2c3ccccc3Sc3cc(/C=C(/C#N)C(=O)O)ccc32)cc1. The Morgan fingerprint density at radius 2 is 0.615 bits per heavy atom. The van der Waals surface area contributed by atoms with E-state index < -0.39 is 23.3 Å². The van der Waals surface area contributed by atoms with Gasteiger partial charge in [-0.15, -0.1) is 0 Å². The van der Waals surface area contributed by atoms with Gasteiger partial charge in [0.1, 0.15) is 52.2 Å². The summed E-state index contributed by atoms with van der Waals surface area (Å²) >= 11 is 4.96. The van der Waals surface area contributed by atoms with Crippen molar-refractivity contribution in [2.75, 3.05) is 54.2 Å². The number of hydrogen-bond acceptors (Lipinski definition) is 15. The van der Waals surface area contributed by atoms with Gasteiger partial charge in [-0.2, -0.15) is 15.8 Å². The number of ether oxygens (including phenoxy) is 3. The zero-order valence-corrected chi connectivity index (χ0v) is 60.2. The molecule has 0 radical (unpaired) electrons. The number of carboxylic acid groups (broad SMARTS) is 3. The number of anilines is 6. The summed E-state index contributed by atoms with van der Waals surface area (Å²) < 4.78 is 19.2. The van der Waals surface area contributed by atoms with Gasteiger partial charge in [0.2, 0.25) is 0 Å². The largest absolute Gasteiger partial charge is 0.494 e. The van der Waals surface area contributed by atoms with Crippen molar-refractivity contribution in [3.05, 3.63) is 250 Å². The van der Waals surface area contributed by atoms with Crippen molar-refractivity contribution in [3.8, 4) is 35.5 Å². The number of rotatable bonds is 33. The van der Waals surface area contributed by atoms with Crippen molar-refractivity contribution < 1.29 is 43.9 Å². The highest BCUT2D eigenvalue weighted by molar-refractivity contribution is 8.00. The van der Waals surface area contributed by atoms with E-state index in [1.54, 1.807) is 53.5 Å². The Morgan fingerprint density at radius 3 is 0.885 bits per heavy atom. The second-order valence-corrected chi connectivity index (χ2v) is 29.0. The number of unbranched alkanes of at least 4 members (excludes halogenated alkanes) is 9. The predicted molar refractivity (Wildman–Crippen MR) is 412 cm³/mol. The molecule has 0 unspecified atom stereocenters. The molecule has 0 bridgehead atoms. The van der Waals surface area contributed by atoms with Crippen LogP contribution in [0.2, 0.25) is 0 Å². The van der Waals surface area contributed by atoms with Crippen molar-refractivity contribution in [3.63, 3.8) is 0 Å². The Hall–Kier alpha value is -11.1. The number of benzene rings is 9. The molecule has 104 heavy (non-hydrogen) atoms. The molecule has 0 saturated heterocycles. The maximum absolute atomic E-state index is 11.6. The first kappa shape index (κ1) is 72.7. The maximum Gasteiger partial charge on any atom is 0.346 e. The van der Waals surface area contributed by atoms with E-state index in [0.29, 0.717) is 36.5 Å². The van der Waals surface area contributed by atoms with Crippen molar-refractivity contribution in [1.82, 2.24) is 0 Å². The summed E-state index contributed by atoms with van der Waals surface area (Å²) in [5.41, 5.74) is 10.5. The minimum atomic E-state index is -1.25. The molecule has 18 heteroatoms. The number of nitriles is 3. The molecular formula is C86H78N6O9S3. The summed E-state index contributed by atoms with van der Waals surface area (Å²) in [5.74, 6) is -1.31. The third-order valence-electron chi connectivity index (χ3n) is 18.9. The molecule has 0 aromatic heterocycles. The quantitative estimate of drug-likeness (QED) is 0.0151. The maximum atomic E-state index is 11.6. The number of carboxylic acids is 3. The van der Waals surface area contributed by atoms with Crippen LogP contribution in [0.3, 0.4) is 0 Å². The third-order valence-corrected chi connectivity index (χ3v) is 22.2.